The molecule has 15 heavy (non-hydrogen) atoms. The van der Waals surface area contributed by atoms with Gasteiger partial charge >= 0.3 is 5.97 Å². The van der Waals surface area contributed by atoms with E-state index in [2.05, 4.69) is 17.0 Å². The summed E-state index contributed by atoms with van der Waals surface area (Å²) in [6.45, 7) is 2.38. The molecule has 1 N–H and O–H groups in total. The van der Waals surface area contributed by atoms with Gasteiger partial charge in [-0.05, 0) is 12.8 Å². The van der Waals surface area contributed by atoms with Gasteiger partial charge in [-0.15, -0.1) is 0 Å². The molecule has 0 atom stereocenters. The minimum Gasteiger partial charge on any atom is -0.468 e. The molecular weight excluding hydrogens is 210 g/mol. The molecule has 0 bridgehead atoms. The normalized spacial score (nSPS) is 9.73. The van der Waals surface area contributed by atoms with Crippen molar-refractivity contribution in [3.63, 3.8) is 0 Å². The minimum atomic E-state index is -0.275. The Labute approximate surface area is 97.6 Å². The molecule has 0 unspecified atom stereocenters. The number of methoxy groups -OCH3 is 1. The molecule has 0 rings (SSSR count). The molecule has 0 spiro atoms. The molecule has 0 aliphatic rings. The Kier molecular flexibility index (Phi) is 9.48. The Hall–Kier alpha value is -0.640. The highest BCUT2D eigenvalue weighted by molar-refractivity contribution is 7.80. The number of rotatable bonds is 8. The Morgan fingerprint density at radius 1 is 1.27 bits per heavy atom. The maximum absolute atomic E-state index is 10.8. The lowest BCUT2D eigenvalue weighted by atomic mass is 10.1. The first kappa shape index (κ1) is 14.4. The summed E-state index contributed by atoms with van der Waals surface area (Å²) < 4.78 is 4.50. The molecule has 4 heteroatoms. The van der Waals surface area contributed by atoms with Gasteiger partial charge in [0.15, 0.2) is 0 Å². The summed E-state index contributed by atoms with van der Waals surface area (Å²) in [7, 11) is 1.37. The van der Waals surface area contributed by atoms with Crippen LogP contribution in [0.15, 0.2) is 0 Å². The van der Waals surface area contributed by atoms with Crippen molar-refractivity contribution in [1.29, 1.82) is 0 Å². The van der Waals surface area contributed by atoms with Gasteiger partial charge in [0.2, 0.25) is 0 Å². The zero-order chi connectivity index (χ0) is 11.5. The number of hydrogen-bond acceptors (Lipinski definition) is 3. The first-order valence-corrected chi connectivity index (χ1v) is 5.95. The van der Waals surface area contributed by atoms with E-state index in [0.717, 1.165) is 17.8 Å². The molecule has 0 saturated carbocycles. The SMILES string of the molecule is CCCCCCCC(=S)NCC(=O)OC. The van der Waals surface area contributed by atoms with E-state index in [1.165, 1.54) is 32.8 Å². The van der Waals surface area contributed by atoms with Crippen LogP contribution in [-0.4, -0.2) is 24.6 Å². The summed E-state index contributed by atoms with van der Waals surface area (Å²) in [6.07, 6.45) is 7.01. The molecule has 3 nitrogen and oxygen atoms in total. The first-order valence-electron chi connectivity index (χ1n) is 5.54. The first-order chi connectivity index (χ1) is 7.20. The molecular formula is C11H21NO2S. The van der Waals surface area contributed by atoms with Crippen molar-refractivity contribution in [2.75, 3.05) is 13.7 Å². The van der Waals surface area contributed by atoms with Crippen molar-refractivity contribution in [2.45, 2.75) is 45.4 Å². The zero-order valence-corrected chi connectivity index (χ0v) is 10.5. The van der Waals surface area contributed by atoms with E-state index < -0.39 is 0 Å². The van der Waals surface area contributed by atoms with Crippen LogP contribution in [0.1, 0.15) is 45.4 Å². The standard InChI is InChI=1S/C11H21NO2S/c1-3-4-5-6-7-8-10(15)12-9-11(13)14-2/h3-9H2,1-2H3,(H,12,15). The van der Waals surface area contributed by atoms with Gasteiger partial charge in [0.05, 0.1) is 12.1 Å². The lowest BCUT2D eigenvalue weighted by Gasteiger charge is -2.06. The van der Waals surface area contributed by atoms with Gasteiger partial charge in [-0.25, -0.2) is 0 Å². The number of unbranched alkanes of at least 4 members (excludes halogenated alkanes) is 4. The molecule has 0 radical (unpaired) electrons. The van der Waals surface area contributed by atoms with E-state index in [1.807, 2.05) is 0 Å². The predicted octanol–water partition coefficient (Wildman–Crippen LogP) is 2.44. The Morgan fingerprint density at radius 2 is 1.93 bits per heavy atom. The Morgan fingerprint density at radius 3 is 2.53 bits per heavy atom. The van der Waals surface area contributed by atoms with E-state index in [4.69, 9.17) is 12.2 Å². The van der Waals surface area contributed by atoms with Gasteiger partial charge in [0.1, 0.15) is 6.54 Å². The summed E-state index contributed by atoms with van der Waals surface area (Å²) >= 11 is 5.08. The van der Waals surface area contributed by atoms with Crippen LogP contribution >= 0.6 is 12.2 Å². The van der Waals surface area contributed by atoms with Crippen LogP contribution in [-0.2, 0) is 9.53 Å². The molecule has 0 aliphatic heterocycles. The third-order valence-corrected chi connectivity index (χ3v) is 2.51. The number of ether oxygens (including phenoxy) is 1. The maximum atomic E-state index is 10.8. The van der Waals surface area contributed by atoms with Crippen molar-refractivity contribution in [3.05, 3.63) is 0 Å². The number of carbonyl (C=O) groups is 1. The highest BCUT2D eigenvalue weighted by atomic mass is 32.1. The molecule has 0 fully saturated rings. The largest absolute Gasteiger partial charge is 0.468 e. The number of nitrogens with one attached hydrogen (secondary N) is 1. The van der Waals surface area contributed by atoms with Crippen molar-refractivity contribution in [2.24, 2.45) is 0 Å². The van der Waals surface area contributed by atoms with Gasteiger partial charge in [0.25, 0.3) is 0 Å². The molecule has 0 aromatic rings. The fraction of sp³-hybridized carbons (Fsp3) is 0.818. The van der Waals surface area contributed by atoms with Crippen molar-refractivity contribution in [1.82, 2.24) is 5.32 Å². The van der Waals surface area contributed by atoms with E-state index in [-0.39, 0.29) is 12.5 Å². The molecule has 0 aliphatic carbocycles. The number of carbonyl (C=O) groups excluding carboxylic acids is 1. The van der Waals surface area contributed by atoms with Crippen LogP contribution in [0.5, 0.6) is 0 Å². The van der Waals surface area contributed by atoms with Crippen molar-refractivity contribution < 1.29 is 9.53 Å². The minimum absolute atomic E-state index is 0.185. The maximum Gasteiger partial charge on any atom is 0.325 e. The van der Waals surface area contributed by atoms with Crippen molar-refractivity contribution in [3.8, 4) is 0 Å². The third kappa shape index (κ3) is 9.66. The summed E-state index contributed by atoms with van der Waals surface area (Å²) in [6, 6.07) is 0. The lowest BCUT2D eigenvalue weighted by Crippen LogP contribution is -2.28. The Balaban J connectivity index is 3.30. The van der Waals surface area contributed by atoms with Crippen molar-refractivity contribution >= 4 is 23.2 Å². The molecule has 0 aromatic carbocycles. The molecule has 0 heterocycles. The van der Waals surface area contributed by atoms with Crippen LogP contribution in [0.25, 0.3) is 0 Å². The van der Waals surface area contributed by atoms with E-state index in [0.29, 0.717) is 0 Å². The lowest BCUT2D eigenvalue weighted by molar-refractivity contribution is -0.139. The highest BCUT2D eigenvalue weighted by Crippen LogP contribution is 2.05. The average molecular weight is 231 g/mol. The van der Waals surface area contributed by atoms with Gasteiger partial charge in [-0.2, -0.15) is 0 Å². The quantitative estimate of drug-likeness (QED) is 0.395. The van der Waals surface area contributed by atoms with Crippen LogP contribution in [0, 0.1) is 0 Å². The van der Waals surface area contributed by atoms with E-state index in [1.54, 1.807) is 0 Å². The van der Waals surface area contributed by atoms with Crippen LogP contribution in [0.3, 0.4) is 0 Å². The second-order valence-corrected chi connectivity index (χ2v) is 4.01. The average Bonchev–Trinajstić information content (AvgIpc) is 2.25. The number of esters is 1. The molecule has 0 aromatic heterocycles. The molecule has 88 valence electrons. The highest BCUT2D eigenvalue weighted by Gasteiger charge is 2.01. The molecule has 0 amide bonds. The van der Waals surface area contributed by atoms with Gasteiger partial charge in [-0.1, -0.05) is 44.8 Å². The fourth-order valence-corrected chi connectivity index (χ4v) is 1.44. The second-order valence-electron chi connectivity index (χ2n) is 3.52. The fourth-order valence-electron chi connectivity index (χ4n) is 1.22. The third-order valence-electron chi connectivity index (χ3n) is 2.16. The smallest absolute Gasteiger partial charge is 0.325 e. The topological polar surface area (TPSA) is 38.3 Å². The zero-order valence-electron chi connectivity index (χ0n) is 9.67. The summed E-state index contributed by atoms with van der Waals surface area (Å²) in [5.41, 5.74) is 0. The van der Waals surface area contributed by atoms with Gasteiger partial charge < -0.3 is 10.1 Å². The van der Waals surface area contributed by atoms with Gasteiger partial charge in [0, 0.05) is 0 Å². The number of thiocarbonyl (C=S) groups is 1. The van der Waals surface area contributed by atoms with Crippen LogP contribution in [0.4, 0.5) is 0 Å². The Bertz CT molecular complexity index is 195. The summed E-state index contributed by atoms with van der Waals surface area (Å²) in [5, 5.41) is 2.88. The van der Waals surface area contributed by atoms with Gasteiger partial charge in [-0.3, -0.25) is 4.79 Å². The summed E-state index contributed by atoms with van der Waals surface area (Å²) in [4.78, 5) is 11.5. The summed E-state index contributed by atoms with van der Waals surface area (Å²) in [5.74, 6) is -0.275. The van der Waals surface area contributed by atoms with Crippen LogP contribution < -0.4 is 5.32 Å². The number of hydrogen-bond donors (Lipinski definition) is 1. The van der Waals surface area contributed by atoms with E-state index >= 15 is 0 Å². The predicted molar refractivity (Wildman–Crippen MR) is 66.0 cm³/mol. The molecule has 0 saturated heterocycles. The van der Waals surface area contributed by atoms with E-state index in [9.17, 15) is 4.79 Å². The van der Waals surface area contributed by atoms with Crippen LogP contribution in [0.2, 0.25) is 0 Å². The monoisotopic (exact) mass is 231 g/mol. The second kappa shape index (κ2) is 9.90.